The fourth-order valence-corrected chi connectivity index (χ4v) is 3.12. The third kappa shape index (κ3) is 6.16. The number of anilines is 1. The standard InChI is InChI=1S/C20H28N4O6/c1-12(2)21-20(27)22-18(25)14(4)30-19(26)16-11-15(24(28)29)5-6-17(16)23-9-7-13(3)8-10-23/h5-6,11-14H,7-10H2,1-4H3,(H2,21,22,25,27)/t14-/m0/s1. The van der Waals surface area contributed by atoms with Gasteiger partial charge in [-0.25, -0.2) is 9.59 Å². The van der Waals surface area contributed by atoms with E-state index in [1.54, 1.807) is 13.8 Å². The predicted octanol–water partition coefficient (Wildman–Crippen LogP) is 2.61. The van der Waals surface area contributed by atoms with Gasteiger partial charge in [0.25, 0.3) is 11.6 Å². The van der Waals surface area contributed by atoms with Crippen LogP contribution in [0.15, 0.2) is 18.2 Å². The maximum absolute atomic E-state index is 12.8. The molecule has 1 aromatic rings. The van der Waals surface area contributed by atoms with Gasteiger partial charge in [0.1, 0.15) is 0 Å². The van der Waals surface area contributed by atoms with Crippen molar-refractivity contribution < 1.29 is 24.0 Å². The Morgan fingerprint density at radius 3 is 2.40 bits per heavy atom. The molecule has 1 fully saturated rings. The average Bonchev–Trinajstić information content (AvgIpc) is 2.67. The molecule has 0 unspecified atom stereocenters. The summed E-state index contributed by atoms with van der Waals surface area (Å²) in [6, 6.07) is 3.17. The van der Waals surface area contributed by atoms with Crippen molar-refractivity contribution in [3.63, 3.8) is 0 Å². The molecule has 0 radical (unpaired) electrons. The molecule has 2 N–H and O–H groups in total. The number of nitrogens with zero attached hydrogens (tertiary/aromatic N) is 2. The Hall–Kier alpha value is -3.17. The number of ether oxygens (including phenoxy) is 1. The van der Waals surface area contributed by atoms with Crippen molar-refractivity contribution in [1.82, 2.24) is 10.6 Å². The molecule has 1 heterocycles. The van der Waals surface area contributed by atoms with Gasteiger partial charge in [-0.3, -0.25) is 20.2 Å². The predicted molar refractivity (Wildman–Crippen MR) is 110 cm³/mol. The smallest absolute Gasteiger partial charge is 0.341 e. The summed E-state index contributed by atoms with van der Waals surface area (Å²) in [6.07, 6.45) is 0.619. The number of benzene rings is 1. The highest BCUT2D eigenvalue weighted by Crippen LogP contribution is 2.30. The summed E-state index contributed by atoms with van der Waals surface area (Å²) in [5.74, 6) is -1.09. The van der Waals surface area contributed by atoms with Crippen LogP contribution in [0.4, 0.5) is 16.2 Å². The summed E-state index contributed by atoms with van der Waals surface area (Å²) in [5.41, 5.74) is 0.303. The molecule has 1 aliphatic rings. The first kappa shape index (κ1) is 23.1. The SMILES string of the molecule is CC1CCN(c2ccc([N+](=O)[O-])cc2C(=O)O[C@@H](C)C(=O)NC(=O)NC(C)C)CC1. The van der Waals surface area contributed by atoms with E-state index in [1.165, 1.54) is 19.1 Å². The lowest BCUT2D eigenvalue weighted by molar-refractivity contribution is -0.384. The molecule has 3 amide bonds. The highest BCUT2D eigenvalue weighted by Gasteiger charge is 2.27. The number of carbonyl (C=O) groups is 3. The second-order valence-electron chi connectivity index (χ2n) is 7.79. The van der Waals surface area contributed by atoms with Gasteiger partial charge in [-0.1, -0.05) is 6.92 Å². The summed E-state index contributed by atoms with van der Waals surface area (Å²) in [6.45, 7) is 8.38. The van der Waals surface area contributed by atoms with Crippen LogP contribution in [-0.4, -0.2) is 48.1 Å². The molecule has 10 nitrogen and oxygen atoms in total. The van der Waals surface area contributed by atoms with Crippen molar-refractivity contribution >= 4 is 29.3 Å². The van der Waals surface area contributed by atoms with Crippen LogP contribution < -0.4 is 15.5 Å². The Morgan fingerprint density at radius 1 is 1.20 bits per heavy atom. The number of nitro groups is 1. The number of amides is 3. The molecule has 0 saturated carbocycles. The Morgan fingerprint density at radius 2 is 1.83 bits per heavy atom. The lowest BCUT2D eigenvalue weighted by atomic mass is 9.98. The molecule has 10 heteroatoms. The Kier molecular flexibility index (Phi) is 7.73. The first-order chi connectivity index (χ1) is 14.1. The summed E-state index contributed by atoms with van der Waals surface area (Å²) < 4.78 is 5.21. The van der Waals surface area contributed by atoms with Crippen LogP contribution in [0.5, 0.6) is 0 Å². The third-order valence-corrected chi connectivity index (χ3v) is 4.84. The second kappa shape index (κ2) is 10.0. The Balaban J connectivity index is 2.17. The summed E-state index contributed by atoms with van der Waals surface area (Å²) in [5, 5.41) is 15.8. The number of rotatable bonds is 6. The van der Waals surface area contributed by atoms with E-state index in [4.69, 9.17) is 4.74 Å². The van der Waals surface area contributed by atoms with Gasteiger partial charge < -0.3 is 15.0 Å². The van der Waals surface area contributed by atoms with Crippen molar-refractivity contribution in [3.05, 3.63) is 33.9 Å². The maximum Gasteiger partial charge on any atom is 0.341 e. The van der Waals surface area contributed by atoms with Gasteiger partial charge in [0.05, 0.1) is 16.2 Å². The number of piperidine rings is 1. The quantitative estimate of drug-likeness (QED) is 0.411. The molecule has 164 valence electrons. The van der Waals surface area contributed by atoms with E-state index in [0.717, 1.165) is 18.9 Å². The van der Waals surface area contributed by atoms with Gasteiger partial charge in [0.2, 0.25) is 0 Å². The molecule has 0 aliphatic carbocycles. The topological polar surface area (TPSA) is 131 Å². The van der Waals surface area contributed by atoms with E-state index >= 15 is 0 Å². The minimum absolute atomic E-state index is 0.0186. The van der Waals surface area contributed by atoms with E-state index in [9.17, 15) is 24.5 Å². The molecular formula is C20H28N4O6. The number of nitrogens with one attached hydrogen (secondary N) is 2. The lowest BCUT2D eigenvalue weighted by Crippen LogP contribution is -2.46. The normalized spacial score (nSPS) is 15.4. The van der Waals surface area contributed by atoms with Gasteiger partial charge in [0, 0.05) is 31.3 Å². The van der Waals surface area contributed by atoms with Crippen molar-refractivity contribution in [3.8, 4) is 0 Å². The molecule has 1 saturated heterocycles. The molecule has 2 rings (SSSR count). The zero-order valence-corrected chi connectivity index (χ0v) is 17.6. The first-order valence-corrected chi connectivity index (χ1v) is 9.94. The number of nitro benzene ring substituents is 1. The van der Waals surface area contributed by atoms with Crippen molar-refractivity contribution in [2.24, 2.45) is 5.92 Å². The third-order valence-electron chi connectivity index (χ3n) is 4.84. The van der Waals surface area contributed by atoms with E-state index < -0.39 is 28.9 Å². The zero-order chi connectivity index (χ0) is 22.4. The fourth-order valence-electron chi connectivity index (χ4n) is 3.12. The van der Waals surface area contributed by atoms with Crippen molar-refractivity contribution in [2.75, 3.05) is 18.0 Å². The molecule has 0 spiro atoms. The van der Waals surface area contributed by atoms with Gasteiger partial charge in [-0.2, -0.15) is 0 Å². The van der Waals surface area contributed by atoms with Crippen molar-refractivity contribution in [2.45, 2.75) is 52.7 Å². The Labute approximate surface area is 175 Å². The molecule has 30 heavy (non-hydrogen) atoms. The minimum Gasteiger partial charge on any atom is -0.449 e. The highest BCUT2D eigenvalue weighted by molar-refractivity contribution is 6.00. The largest absolute Gasteiger partial charge is 0.449 e. The van der Waals surface area contributed by atoms with Crippen LogP contribution in [0, 0.1) is 16.0 Å². The summed E-state index contributed by atoms with van der Waals surface area (Å²) in [7, 11) is 0. The lowest BCUT2D eigenvalue weighted by Gasteiger charge is -2.33. The molecule has 1 atom stereocenters. The van der Waals surface area contributed by atoms with Gasteiger partial charge in [-0.05, 0) is 45.6 Å². The van der Waals surface area contributed by atoms with Crippen LogP contribution in [0.2, 0.25) is 0 Å². The summed E-state index contributed by atoms with van der Waals surface area (Å²) >= 11 is 0. The number of non-ortho nitro benzene ring substituents is 1. The highest BCUT2D eigenvalue weighted by atomic mass is 16.6. The van der Waals surface area contributed by atoms with Gasteiger partial charge in [0.15, 0.2) is 6.10 Å². The van der Waals surface area contributed by atoms with E-state index in [-0.39, 0.29) is 17.3 Å². The average molecular weight is 420 g/mol. The van der Waals surface area contributed by atoms with Crippen LogP contribution in [-0.2, 0) is 9.53 Å². The number of carbonyl (C=O) groups excluding carboxylic acids is 3. The van der Waals surface area contributed by atoms with Gasteiger partial charge in [-0.15, -0.1) is 0 Å². The summed E-state index contributed by atoms with van der Waals surface area (Å²) in [4.78, 5) is 49.1. The van der Waals surface area contributed by atoms with E-state index in [1.807, 2.05) is 4.90 Å². The first-order valence-electron chi connectivity index (χ1n) is 9.94. The molecule has 0 aromatic heterocycles. The molecule has 1 aliphatic heterocycles. The van der Waals surface area contributed by atoms with E-state index in [0.29, 0.717) is 24.7 Å². The van der Waals surface area contributed by atoms with Crippen LogP contribution in [0.25, 0.3) is 0 Å². The maximum atomic E-state index is 12.8. The second-order valence-corrected chi connectivity index (χ2v) is 7.79. The number of imide groups is 1. The van der Waals surface area contributed by atoms with Crippen LogP contribution >= 0.6 is 0 Å². The van der Waals surface area contributed by atoms with Crippen LogP contribution in [0.3, 0.4) is 0 Å². The minimum atomic E-state index is -1.26. The Bertz CT molecular complexity index is 818. The number of hydrogen-bond acceptors (Lipinski definition) is 7. The fraction of sp³-hybridized carbons (Fsp3) is 0.550. The van der Waals surface area contributed by atoms with E-state index in [2.05, 4.69) is 17.6 Å². The monoisotopic (exact) mass is 420 g/mol. The number of urea groups is 1. The molecule has 0 bridgehead atoms. The molecular weight excluding hydrogens is 392 g/mol. The van der Waals surface area contributed by atoms with Crippen LogP contribution in [0.1, 0.15) is 50.9 Å². The number of esters is 1. The zero-order valence-electron chi connectivity index (χ0n) is 17.6. The van der Waals surface area contributed by atoms with Crippen molar-refractivity contribution in [1.29, 1.82) is 0 Å². The van der Waals surface area contributed by atoms with Gasteiger partial charge >= 0.3 is 12.0 Å². The number of hydrogen-bond donors (Lipinski definition) is 2. The molecule has 1 aromatic carbocycles.